The van der Waals surface area contributed by atoms with Crippen LogP contribution in [0.1, 0.15) is 22.3 Å². The Bertz CT molecular complexity index is 787. The Morgan fingerprint density at radius 3 is 2.09 bits per heavy atom. The minimum atomic E-state index is -0.527. The van der Waals surface area contributed by atoms with E-state index in [0.717, 1.165) is 22.3 Å². The van der Waals surface area contributed by atoms with Gasteiger partial charge in [-0.1, -0.05) is 59.1 Å². The van der Waals surface area contributed by atoms with Gasteiger partial charge in [-0.15, -0.1) is 0 Å². The summed E-state index contributed by atoms with van der Waals surface area (Å²) in [6.07, 6.45) is 0. The lowest BCUT2D eigenvalue weighted by Gasteiger charge is -2.00. The summed E-state index contributed by atoms with van der Waals surface area (Å²) >= 11 is 6.31. The maximum Gasteiger partial charge on any atom is 0.365 e. The van der Waals surface area contributed by atoms with Crippen LogP contribution in [-0.2, 0) is 9.53 Å². The summed E-state index contributed by atoms with van der Waals surface area (Å²) in [5.41, 5.74) is 3.88. The molecule has 0 aromatic heterocycles. The first-order valence-corrected chi connectivity index (χ1v) is 7.27. The summed E-state index contributed by atoms with van der Waals surface area (Å²) in [4.78, 5) is 16.3. The van der Waals surface area contributed by atoms with Gasteiger partial charge in [-0.3, -0.25) is 0 Å². The van der Waals surface area contributed by atoms with Gasteiger partial charge in [0.1, 0.15) is 0 Å². The third-order valence-corrected chi connectivity index (χ3v) is 3.80. The van der Waals surface area contributed by atoms with Crippen molar-refractivity contribution in [3.63, 3.8) is 0 Å². The molecule has 2 aromatic rings. The molecule has 1 heterocycles. The standard InChI is InChI=1S/C18H14ClNO2/c1-11-3-7-13(8-4-11)15(19)16-18(21)22-17(20-16)14-9-5-12(2)6-10-14/h3-10H,1-2H3. The fourth-order valence-electron chi connectivity index (χ4n) is 2.10. The number of rotatable bonds is 2. The van der Waals surface area contributed by atoms with Crippen molar-refractivity contribution in [1.29, 1.82) is 0 Å². The van der Waals surface area contributed by atoms with E-state index in [1.54, 1.807) is 0 Å². The minimum absolute atomic E-state index is 0.140. The van der Waals surface area contributed by atoms with Crippen molar-refractivity contribution in [3.8, 4) is 0 Å². The van der Waals surface area contributed by atoms with E-state index >= 15 is 0 Å². The average Bonchev–Trinajstić information content (AvgIpc) is 2.90. The third-order valence-electron chi connectivity index (χ3n) is 3.41. The summed E-state index contributed by atoms with van der Waals surface area (Å²) in [6.45, 7) is 3.98. The predicted molar refractivity (Wildman–Crippen MR) is 87.8 cm³/mol. The van der Waals surface area contributed by atoms with Crippen LogP contribution < -0.4 is 0 Å². The lowest BCUT2D eigenvalue weighted by atomic mass is 10.1. The van der Waals surface area contributed by atoms with Crippen LogP contribution in [0.25, 0.3) is 5.03 Å². The highest BCUT2D eigenvalue weighted by molar-refractivity contribution is 6.51. The van der Waals surface area contributed by atoms with Crippen molar-refractivity contribution >= 4 is 28.5 Å². The van der Waals surface area contributed by atoms with Crippen LogP contribution in [0.15, 0.2) is 59.2 Å². The Kier molecular flexibility index (Phi) is 3.82. The van der Waals surface area contributed by atoms with Gasteiger partial charge in [-0.2, -0.15) is 0 Å². The molecule has 3 rings (SSSR count). The maximum absolute atomic E-state index is 12.0. The van der Waals surface area contributed by atoms with E-state index in [2.05, 4.69) is 4.99 Å². The monoisotopic (exact) mass is 311 g/mol. The van der Waals surface area contributed by atoms with E-state index in [4.69, 9.17) is 16.3 Å². The molecule has 22 heavy (non-hydrogen) atoms. The first-order chi connectivity index (χ1) is 10.5. The van der Waals surface area contributed by atoms with Crippen LogP contribution in [0.4, 0.5) is 0 Å². The van der Waals surface area contributed by atoms with Crippen LogP contribution in [0.5, 0.6) is 0 Å². The van der Waals surface area contributed by atoms with E-state index in [1.165, 1.54) is 0 Å². The smallest absolute Gasteiger partial charge is 0.365 e. The molecular weight excluding hydrogens is 298 g/mol. The second-order valence-corrected chi connectivity index (χ2v) is 5.58. The number of aryl methyl sites for hydroxylation is 2. The van der Waals surface area contributed by atoms with E-state index in [9.17, 15) is 4.79 Å². The highest BCUT2D eigenvalue weighted by Crippen LogP contribution is 2.29. The van der Waals surface area contributed by atoms with Crippen molar-refractivity contribution in [1.82, 2.24) is 0 Å². The second-order valence-electron chi connectivity index (χ2n) is 5.20. The highest BCUT2D eigenvalue weighted by Gasteiger charge is 2.27. The minimum Gasteiger partial charge on any atom is -0.402 e. The lowest BCUT2D eigenvalue weighted by Crippen LogP contribution is -2.05. The number of carbonyl (C=O) groups excluding carboxylic acids is 1. The molecule has 0 radical (unpaired) electrons. The summed E-state index contributed by atoms with van der Waals surface area (Å²) < 4.78 is 5.23. The largest absolute Gasteiger partial charge is 0.402 e. The molecule has 0 aliphatic carbocycles. The second kappa shape index (κ2) is 5.78. The lowest BCUT2D eigenvalue weighted by molar-refractivity contribution is -0.129. The van der Waals surface area contributed by atoms with Gasteiger partial charge in [0.15, 0.2) is 5.70 Å². The number of esters is 1. The molecule has 0 fully saturated rings. The number of aliphatic imine (C=N–C) groups is 1. The molecule has 1 aliphatic rings. The van der Waals surface area contributed by atoms with Crippen molar-refractivity contribution < 1.29 is 9.53 Å². The molecule has 0 atom stereocenters. The Labute approximate surface area is 133 Å². The molecule has 0 N–H and O–H groups in total. The predicted octanol–water partition coefficient (Wildman–Crippen LogP) is 4.21. The van der Waals surface area contributed by atoms with Gasteiger partial charge in [0.25, 0.3) is 0 Å². The first kappa shape index (κ1) is 14.5. The molecule has 2 aromatic carbocycles. The molecule has 0 spiro atoms. The number of cyclic esters (lactones) is 1. The Morgan fingerprint density at radius 2 is 1.50 bits per heavy atom. The molecule has 0 saturated carbocycles. The number of nitrogens with zero attached hydrogens (tertiary/aromatic N) is 1. The van der Waals surface area contributed by atoms with Gasteiger partial charge in [0, 0.05) is 5.56 Å². The summed E-state index contributed by atoms with van der Waals surface area (Å²) in [5, 5.41) is 0.298. The molecule has 4 heteroatoms. The third kappa shape index (κ3) is 2.81. The SMILES string of the molecule is Cc1ccc(C2=NC(=C(Cl)c3ccc(C)cc3)C(=O)O2)cc1. The summed E-state index contributed by atoms with van der Waals surface area (Å²) in [6, 6.07) is 15.2. The number of benzene rings is 2. The highest BCUT2D eigenvalue weighted by atomic mass is 35.5. The van der Waals surface area contributed by atoms with Crippen LogP contribution >= 0.6 is 11.6 Å². The zero-order chi connectivity index (χ0) is 15.7. The number of ether oxygens (including phenoxy) is 1. The summed E-state index contributed by atoms with van der Waals surface area (Å²) in [7, 11) is 0. The van der Waals surface area contributed by atoms with Crippen LogP contribution in [-0.4, -0.2) is 11.9 Å². The Balaban J connectivity index is 2.00. The molecule has 3 nitrogen and oxygen atoms in total. The van der Waals surface area contributed by atoms with Crippen molar-refractivity contribution in [3.05, 3.63) is 76.5 Å². The van der Waals surface area contributed by atoms with Gasteiger partial charge >= 0.3 is 5.97 Å². The molecule has 0 unspecified atom stereocenters. The van der Waals surface area contributed by atoms with E-state index < -0.39 is 5.97 Å². The fourth-order valence-corrected chi connectivity index (χ4v) is 2.35. The van der Waals surface area contributed by atoms with Crippen LogP contribution in [0.3, 0.4) is 0 Å². The molecule has 0 amide bonds. The van der Waals surface area contributed by atoms with Crippen molar-refractivity contribution in [2.75, 3.05) is 0 Å². The quantitative estimate of drug-likeness (QED) is 0.615. The van der Waals surface area contributed by atoms with Gasteiger partial charge < -0.3 is 4.74 Å². The van der Waals surface area contributed by atoms with Gasteiger partial charge in [0.2, 0.25) is 5.90 Å². The summed E-state index contributed by atoms with van der Waals surface area (Å²) in [5.74, 6) is -0.244. The maximum atomic E-state index is 12.0. The van der Waals surface area contributed by atoms with E-state index in [1.807, 2.05) is 62.4 Å². The van der Waals surface area contributed by atoms with Crippen LogP contribution in [0, 0.1) is 13.8 Å². The molecule has 110 valence electrons. The van der Waals surface area contributed by atoms with Gasteiger partial charge in [0.05, 0.1) is 5.03 Å². The van der Waals surface area contributed by atoms with Crippen molar-refractivity contribution in [2.24, 2.45) is 4.99 Å². The Hall–Kier alpha value is -2.39. The first-order valence-electron chi connectivity index (χ1n) is 6.89. The van der Waals surface area contributed by atoms with Gasteiger partial charge in [-0.05, 0) is 31.5 Å². The molecule has 1 aliphatic heterocycles. The number of carbonyl (C=O) groups is 1. The van der Waals surface area contributed by atoms with E-state index in [-0.39, 0.29) is 11.6 Å². The zero-order valence-electron chi connectivity index (χ0n) is 12.3. The van der Waals surface area contributed by atoms with Crippen LogP contribution in [0.2, 0.25) is 0 Å². The molecule has 0 saturated heterocycles. The molecule has 0 bridgehead atoms. The number of hydrogen-bond acceptors (Lipinski definition) is 3. The normalized spacial score (nSPS) is 16.3. The van der Waals surface area contributed by atoms with E-state index in [0.29, 0.717) is 5.03 Å². The Morgan fingerprint density at radius 1 is 0.955 bits per heavy atom. The fraction of sp³-hybridized carbons (Fsp3) is 0.111. The average molecular weight is 312 g/mol. The number of halogens is 1. The zero-order valence-corrected chi connectivity index (χ0v) is 13.0. The van der Waals surface area contributed by atoms with Gasteiger partial charge in [-0.25, -0.2) is 9.79 Å². The van der Waals surface area contributed by atoms with Crippen molar-refractivity contribution in [2.45, 2.75) is 13.8 Å². The molecular formula is C18H14ClNO2. The topological polar surface area (TPSA) is 38.7 Å². The number of hydrogen-bond donors (Lipinski definition) is 0.